The zero-order valence-electron chi connectivity index (χ0n) is 16.2. The number of carbonyl (C=O) groups excluding carboxylic acids is 1. The number of anilines is 2. The molecule has 0 amide bonds. The number of rotatable bonds is 5. The van der Waals surface area contributed by atoms with Crippen LogP contribution in [-0.2, 0) is 0 Å². The first-order chi connectivity index (χ1) is 15.6. The number of halogens is 3. The van der Waals surface area contributed by atoms with E-state index in [1.54, 1.807) is 30.3 Å². The molecule has 6 nitrogen and oxygen atoms in total. The Balaban J connectivity index is 1.85. The lowest BCUT2D eigenvalue weighted by Gasteiger charge is -2.26. The van der Waals surface area contributed by atoms with Gasteiger partial charge in [-0.2, -0.15) is 0 Å². The maximum Gasteiger partial charge on any atom is 0.219 e. The molecule has 2 aromatic carbocycles. The summed E-state index contributed by atoms with van der Waals surface area (Å²) in [5.41, 5.74) is 0.0912. The fourth-order valence-electron chi connectivity index (χ4n) is 3.47. The second-order valence-corrected chi connectivity index (χ2v) is 7.19. The number of nitrogens with zero attached hydrogens (tertiary/aromatic N) is 4. The summed E-state index contributed by atoms with van der Waals surface area (Å²) in [6.07, 6.45) is 4.14. The number of carbonyl (C=O) groups is 1. The molecule has 0 aliphatic rings. The molecule has 3 aromatic heterocycles. The van der Waals surface area contributed by atoms with Crippen molar-refractivity contribution in [3.8, 4) is 0 Å². The van der Waals surface area contributed by atoms with Crippen LogP contribution in [-0.4, -0.2) is 20.4 Å². The second kappa shape index (κ2) is 7.90. The quantitative estimate of drug-likeness (QED) is 0.317. The molecule has 9 heteroatoms. The molecule has 0 bridgehead atoms. The lowest BCUT2D eigenvalue weighted by molar-refractivity contribution is 0.103. The number of benzene rings is 2. The number of fused-ring (bicyclic) bond motifs is 1. The summed E-state index contributed by atoms with van der Waals surface area (Å²) in [6, 6.07) is 14.6. The molecule has 0 fully saturated rings. The zero-order chi connectivity index (χ0) is 22.2. The van der Waals surface area contributed by atoms with E-state index in [2.05, 4.69) is 9.97 Å². The molecule has 5 aromatic rings. The highest BCUT2D eigenvalue weighted by atomic mass is 35.5. The van der Waals surface area contributed by atoms with Gasteiger partial charge in [0.2, 0.25) is 11.7 Å². The van der Waals surface area contributed by atoms with Crippen molar-refractivity contribution in [3.63, 3.8) is 0 Å². The Morgan fingerprint density at radius 2 is 1.81 bits per heavy atom. The molecule has 0 atom stereocenters. The summed E-state index contributed by atoms with van der Waals surface area (Å²) in [7, 11) is 0. The number of para-hydroxylation sites is 1. The topological polar surface area (TPSA) is 64.2 Å². The Kier molecular flexibility index (Phi) is 4.91. The fourth-order valence-corrected chi connectivity index (χ4v) is 3.69. The molecule has 0 aliphatic carbocycles. The second-order valence-electron chi connectivity index (χ2n) is 6.79. The maximum atomic E-state index is 14.9. The highest BCUT2D eigenvalue weighted by molar-refractivity contribution is 6.35. The minimum atomic E-state index is -0.853. The molecule has 3 heterocycles. The predicted molar refractivity (Wildman–Crippen MR) is 115 cm³/mol. The van der Waals surface area contributed by atoms with E-state index in [9.17, 15) is 13.6 Å². The maximum absolute atomic E-state index is 14.9. The number of aromatic nitrogens is 3. The molecule has 32 heavy (non-hydrogen) atoms. The lowest BCUT2D eigenvalue weighted by Crippen LogP contribution is -2.29. The number of furan rings is 1. The number of hydrogen-bond acceptors (Lipinski definition) is 5. The largest absolute Gasteiger partial charge is 0.447 e. The van der Waals surface area contributed by atoms with Gasteiger partial charge in [0, 0.05) is 23.2 Å². The molecule has 0 N–H and O–H groups in total. The Morgan fingerprint density at radius 1 is 1.03 bits per heavy atom. The molecular weight excluding hydrogens is 438 g/mol. The zero-order valence-corrected chi connectivity index (χ0v) is 17.0. The summed E-state index contributed by atoms with van der Waals surface area (Å²) in [6.45, 7) is 0. The Hall–Kier alpha value is -4.04. The number of ketones is 1. The van der Waals surface area contributed by atoms with Crippen LogP contribution in [0.4, 0.5) is 20.4 Å². The fraction of sp³-hybridized carbons (Fsp3) is 0. The molecule has 0 saturated carbocycles. The first-order valence-corrected chi connectivity index (χ1v) is 9.82. The van der Waals surface area contributed by atoms with Gasteiger partial charge >= 0.3 is 0 Å². The lowest BCUT2D eigenvalue weighted by atomic mass is 10.1. The molecule has 158 valence electrons. The van der Waals surface area contributed by atoms with Crippen LogP contribution in [0.25, 0.3) is 11.0 Å². The van der Waals surface area contributed by atoms with E-state index in [4.69, 9.17) is 16.0 Å². The molecular formula is C23H13ClF2N4O2. The molecule has 5 rings (SSSR count). The van der Waals surface area contributed by atoms with E-state index in [1.165, 1.54) is 41.7 Å². The van der Waals surface area contributed by atoms with E-state index >= 15 is 0 Å². The van der Waals surface area contributed by atoms with Crippen LogP contribution in [0, 0.1) is 11.6 Å². The first-order valence-electron chi connectivity index (χ1n) is 9.45. The van der Waals surface area contributed by atoms with Crippen LogP contribution in [0.5, 0.6) is 0 Å². The van der Waals surface area contributed by atoms with Crippen LogP contribution in [0.3, 0.4) is 0 Å². The Bertz CT molecular complexity index is 1430. The van der Waals surface area contributed by atoms with Crippen molar-refractivity contribution in [1.82, 2.24) is 14.6 Å². The van der Waals surface area contributed by atoms with Gasteiger partial charge in [-0.25, -0.2) is 28.4 Å². The van der Waals surface area contributed by atoms with Crippen LogP contribution >= 0.6 is 11.6 Å². The highest BCUT2D eigenvalue weighted by Crippen LogP contribution is 2.35. The van der Waals surface area contributed by atoms with Gasteiger partial charge in [-0.3, -0.25) is 4.79 Å². The van der Waals surface area contributed by atoms with Crippen LogP contribution < -0.4 is 5.01 Å². The SMILES string of the molecule is O=C(c1ccccc1Cl)c1cc2cncnc2n1N(c1ccco1)c1c(F)cccc1F. The van der Waals surface area contributed by atoms with Crippen LogP contribution in [0.15, 0.2) is 83.9 Å². The molecule has 0 aliphatic heterocycles. The molecule has 0 spiro atoms. The van der Waals surface area contributed by atoms with Crippen molar-refractivity contribution in [3.05, 3.63) is 107 Å². The van der Waals surface area contributed by atoms with Gasteiger partial charge in [0.15, 0.2) is 17.3 Å². The van der Waals surface area contributed by atoms with Crippen molar-refractivity contribution in [2.24, 2.45) is 0 Å². The van der Waals surface area contributed by atoms with E-state index in [0.717, 1.165) is 17.1 Å². The molecule has 0 saturated heterocycles. The Labute approximate surface area is 185 Å². The standard InChI is InChI=1S/C23H13ClF2N4O2/c24-16-6-2-1-5-15(16)22(31)19-11-14-12-27-13-28-23(14)29(19)30(20-9-4-10-32-20)21-17(25)7-3-8-18(21)26/h1-13H. The van der Waals surface area contributed by atoms with Crippen molar-refractivity contribution in [1.29, 1.82) is 0 Å². The van der Waals surface area contributed by atoms with Crippen LogP contribution in [0.2, 0.25) is 5.02 Å². The Morgan fingerprint density at radius 3 is 2.53 bits per heavy atom. The third-order valence-electron chi connectivity index (χ3n) is 4.85. The minimum Gasteiger partial charge on any atom is -0.447 e. The third kappa shape index (κ3) is 3.21. The van der Waals surface area contributed by atoms with E-state index in [0.29, 0.717) is 5.39 Å². The monoisotopic (exact) mass is 450 g/mol. The average Bonchev–Trinajstić information content (AvgIpc) is 3.45. The molecule has 0 radical (unpaired) electrons. The van der Waals surface area contributed by atoms with Gasteiger partial charge in [-0.05, 0) is 36.4 Å². The van der Waals surface area contributed by atoms with Gasteiger partial charge in [0.25, 0.3) is 0 Å². The van der Waals surface area contributed by atoms with Gasteiger partial charge in [-0.1, -0.05) is 29.8 Å². The van der Waals surface area contributed by atoms with Gasteiger partial charge < -0.3 is 4.42 Å². The third-order valence-corrected chi connectivity index (χ3v) is 5.18. The summed E-state index contributed by atoms with van der Waals surface area (Å²) in [5.74, 6) is -2.11. The van der Waals surface area contributed by atoms with Crippen molar-refractivity contribution < 1.29 is 18.0 Å². The van der Waals surface area contributed by atoms with Gasteiger partial charge in [0.1, 0.15) is 17.7 Å². The summed E-state index contributed by atoms with van der Waals surface area (Å²) < 4.78 is 36.6. The van der Waals surface area contributed by atoms with E-state index < -0.39 is 23.1 Å². The number of hydrogen-bond donors (Lipinski definition) is 0. The van der Waals surface area contributed by atoms with Crippen LogP contribution in [0.1, 0.15) is 16.1 Å². The summed E-state index contributed by atoms with van der Waals surface area (Å²) in [4.78, 5) is 21.8. The van der Waals surface area contributed by atoms with E-state index in [1.807, 2.05) is 0 Å². The van der Waals surface area contributed by atoms with Crippen molar-refractivity contribution >= 4 is 40.0 Å². The van der Waals surface area contributed by atoms with Gasteiger partial charge in [0.05, 0.1) is 11.3 Å². The average molecular weight is 451 g/mol. The smallest absolute Gasteiger partial charge is 0.219 e. The normalized spacial score (nSPS) is 11.1. The highest BCUT2D eigenvalue weighted by Gasteiger charge is 2.29. The predicted octanol–water partition coefficient (Wildman–Crippen LogP) is 5.79. The van der Waals surface area contributed by atoms with E-state index in [-0.39, 0.29) is 27.8 Å². The van der Waals surface area contributed by atoms with Gasteiger partial charge in [-0.15, -0.1) is 0 Å². The molecule has 0 unspecified atom stereocenters. The minimum absolute atomic E-state index is 0.0626. The van der Waals surface area contributed by atoms with Crippen molar-refractivity contribution in [2.75, 3.05) is 5.01 Å². The summed E-state index contributed by atoms with van der Waals surface area (Å²) >= 11 is 6.26. The van der Waals surface area contributed by atoms with Crippen molar-refractivity contribution in [2.45, 2.75) is 0 Å². The summed E-state index contributed by atoms with van der Waals surface area (Å²) in [5, 5.41) is 1.85. The first kappa shape index (κ1) is 19.9.